The van der Waals surface area contributed by atoms with Gasteiger partial charge in [0.05, 0.1) is 20.0 Å². The molecule has 0 radical (unpaired) electrons. The van der Waals surface area contributed by atoms with Crippen molar-refractivity contribution in [1.29, 1.82) is 0 Å². The topological polar surface area (TPSA) is 60.7 Å². The Morgan fingerprint density at radius 1 is 1.00 bits per heavy atom. The smallest absolute Gasteiger partial charge is 0.248 e. The number of methoxy groups -OCH3 is 1. The van der Waals surface area contributed by atoms with Crippen molar-refractivity contribution < 1.29 is 18.7 Å². The summed E-state index contributed by atoms with van der Waals surface area (Å²) >= 11 is 0. The SMILES string of the molecule is CCOc1ccc(NC(=O)/C=C(\C)c2cc3c(-c4ccc5ccccc5c4)coc3c(C)c2OC)cc1. The van der Waals surface area contributed by atoms with Crippen LogP contribution in [0.2, 0.25) is 0 Å². The van der Waals surface area contributed by atoms with E-state index in [1.165, 1.54) is 10.8 Å². The van der Waals surface area contributed by atoms with E-state index in [1.54, 1.807) is 19.4 Å². The molecule has 186 valence electrons. The molecule has 0 aliphatic carbocycles. The summed E-state index contributed by atoms with van der Waals surface area (Å²) < 4.78 is 17.3. The minimum Gasteiger partial charge on any atom is -0.496 e. The van der Waals surface area contributed by atoms with Gasteiger partial charge in [0, 0.05) is 33.8 Å². The average molecular weight is 492 g/mol. The highest BCUT2D eigenvalue weighted by atomic mass is 16.5. The number of hydrogen-bond acceptors (Lipinski definition) is 4. The molecule has 5 aromatic rings. The average Bonchev–Trinajstić information content (AvgIpc) is 3.34. The van der Waals surface area contributed by atoms with Gasteiger partial charge >= 0.3 is 0 Å². The molecule has 0 atom stereocenters. The second-order valence-corrected chi connectivity index (χ2v) is 8.94. The number of amides is 1. The number of anilines is 1. The molecule has 37 heavy (non-hydrogen) atoms. The number of furan rings is 1. The lowest BCUT2D eigenvalue weighted by Crippen LogP contribution is -2.08. The van der Waals surface area contributed by atoms with Gasteiger partial charge in [0.25, 0.3) is 0 Å². The number of fused-ring (bicyclic) bond motifs is 2. The third-order valence-electron chi connectivity index (χ3n) is 6.51. The first kappa shape index (κ1) is 24.2. The van der Waals surface area contributed by atoms with E-state index in [-0.39, 0.29) is 5.91 Å². The van der Waals surface area contributed by atoms with Crippen LogP contribution in [0, 0.1) is 6.92 Å². The van der Waals surface area contributed by atoms with Crippen LogP contribution in [0.4, 0.5) is 5.69 Å². The van der Waals surface area contributed by atoms with Crippen LogP contribution >= 0.6 is 0 Å². The minimum absolute atomic E-state index is 0.219. The fourth-order valence-electron chi connectivity index (χ4n) is 4.71. The Bertz CT molecular complexity index is 1630. The van der Waals surface area contributed by atoms with Crippen molar-refractivity contribution in [3.8, 4) is 22.6 Å². The molecule has 5 heteroatoms. The van der Waals surface area contributed by atoms with Gasteiger partial charge < -0.3 is 19.2 Å². The normalized spacial score (nSPS) is 11.6. The number of nitrogens with one attached hydrogen (secondary N) is 1. The lowest BCUT2D eigenvalue weighted by molar-refractivity contribution is -0.111. The standard InChI is InChI=1S/C32H29NO4/c1-5-36-26-14-12-25(13-15-26)33-30(34)16-20(2)27-18-28-29(19-37-32(28)21(3)31(27)35-4)24-11-10-22-8-6-7-9-23(22)17-24/h6-19H,5H2,1-4H3,(H,33,34)/b20-16+. The molecule has 1 N–H and O–H groups in total. The Labute approximate surface area is 216 Å². The number of allylic oxidation sites excluding steroid dienone is 1. The predicted octanol–water partition coefficient (Wildman–Crippen LogP) is 8.01. The second kappa shape index (κ2) is 10.2. The van der Waals surface area contributed by atoms with E-state index in [2.05, 4.69) is 35.6 Å². The highest BCUT2D eigenvalue weighted by Gasteiger charge is 2.19. The largest absolute Gasteiger partial charge is 0.496 e. The van der Waals surface area contributed by atoms with Crippen LogP contribution < -0.4 is 14.8 Å². The molecule has 0 aliphatic rings. The van der Waals surface area contributed by atoms with Gasteiger partial charge in [-0.25, -0.2) is 0 Å². The maximum Gasteiger partial charge on any atom is 0.248 e. The molecular weight excluding hydrogens is 462 g/mol. The minimum atomic E-state index is -0.219. The molecule has 0 saturated heterocycles. The van der Waals surface area contributed by atoms with Crippen LogP contribution in [0.1, 0.15) is 25.0 Å². The molecular formula is C32H29NO4. The van der Waals surface area contributed by atoms with Gasteiger partial charge in [-0.15, -0.1) is 0 Å². The van der Waals surface area contributed by atoms with E-state index < -0.39 is 0 Å². The van der Waals surface area contributed by atoms with Crippen LogP contribution in [-0.2, 0) is 4.79 Å². The molecule has 5 rings (SSSR count). The van der Waals surface area contributed by atoms with Gasteiger partial charge in [-0.05, 0) is 79.1 Å². The van der Waals surface area contributed by atoms with Crippen molar-refractivity contribution >= 4 is 38.9 Å². The number of carbonyl (C=O) groups is 1. The Balaban J connectivity index is 1.51. The molecule has 5 nitrogen and oxygen atoms in total. The first-order valence-corrected chi connectivity index (χ1v) is 12.3. The molecule has 0 saturated carbocycles. The van der Waals surface area contributed by atoms with Crippen LogP contribution in [0.3, 0.4) is 0 Å². The number of carbonyl (C=O) groups excluding carboxylic acids is 1. The fourth-order valence-corrected chi connectivity index (χ4v) is 4.71. The van der Waals surface area contributed by atoms with Crippen molar-refractivity contribution in [2.45, 2.75) is 20.8 Å². The van der Waals surface area contributed by atoms with Crippen molar-refractivity contribution in [3.63, 3.8) is 0 Å². The van der Waals surface area contributed by atoms with Gasteiger partial charge in [-0.3, -0.25) is 4.79 Å². The quantitative estimate of drug-likeness (QED) is 0.234. The maximum absolute atomic E-state index is 12.8. The zero-order valence-electron chi connectivity index (χ0n) is 21.4. The van der Waals surface area contributed by atoms with Gasteiger partial charge in [-0.1, -0.05) is 36.4 Å². The second-order valence-electron chi connectivity index (χ2n) is 8.94. The molecule has 0 fully saturated rings. The molecule has 1 heterocycles. The maximum atomic E-state index is 12.8. The first-order valence-electron chi connectivity index (χ1n) is 12.3. The number of hydrogen-bond donors (Lipinski definition) is 1. The van der Waals surface area contributed by atoms with Crippen LogP contribution in [0.25, 0.3) is 38.4 Å². The zero-order chi connectivity index (χ0) is 25.9. The molecule has 1 aromatic heterocycles. The monoisotopic (exact) mass is 491 g/mol. The summed E-state index contributed by atoms with van der Waals surface area (Å²) in [5.41, 5.74) is 6.07. The summed E-state index contributed by atoms with van der Waals surface area (Å²) in [6, 6.07) is 24.1. The molecule has 0 aliphatic heterocycles. The Kier molecular flexibility index (Phi) is 6.69. The number of rotatable bonds is 7. The predicted molar refractivity (Wildman–Crippen MR) is 150 cm³/mol. The van der Waals surface area contributed by atoms with Crippen molar-refractivity contribution in [1.82, 2.24) is 0 Å². The summed E-state index contributed by atoms with van der Waals surface area (Å²) in [5, 5.41) is 6.25. The molecule has 4 aromatic carbocycles. The van der Waals surface area contributed by atoms with Crippen molar-refractivity contribution in [2.24, 2.45) is 0 Å². The summed E-state index contributed by atoms with van der Waals surface area (Å²) in [6.45, 7) is 6.42. The van der Waals surface area contributed by atoms with E-state index >= 15 is 0 Å². The van der Waals surface area contributed by atoms with Crippen LogP contribution in [0.15, 0.2) is 89.6 Å². The number of ether oxygens (including phenoxy) is 2. The Morgan fingerprint density at radius 3 is 2.49 bits per heavy atom. The zero-order valence-corrected chi connectivity index (χ0v) is 21.4. The van der Waals surface area contributed by atoms with E-state index in [4.69, 9.17) is 13.9 Å². The van der Waals surface area contributed by atoms with Crippen LogP contribution in [0.5, 0.6) is 11.5 Å². The van der Waals surface area contributed by atoms with Gasteiger partial charge in [0.1, 0.15) is 17.1 Å². The summed E-state index contributed by atoms with van der Waals surface area (Å²) in [7, 11) is 1.64. The lowest BCUT2D eigenvalue weighted by atomic mass is 9.95. The van der Waals surface area contributed by atoms with Crippen molar-refractivity contribution in [2.75, 3.05) is 19.0 Å². The summed E-state index contributed by atoms with van der Waals surface area (Å²) in [6.07, 6.45) is 3.39. The van der Waals surface area contributed by atoms with Crippen molar-refractivity contribution in [3.05, 3.63) is 96.3 Å². The number of benzene rings is 4. The van der Waals surface area contributed by atoms with E-state index in [9.17, 15) is 4.79 Å². The van der Waals surface area contributed by atoms with Gasteiger partial charge in [0.2, 0.25) is 5.91 Å². The summed E-state index contributed by atoms with van der Waals surface area (Å²) in [5.74, 6) is 1.24. The first-order chi connectivity index (χ1) is 18.0. The Morgan fingerprint density at radius 2 is 1.76 bits per heavy atom. The van der Waals surface area contributed by atoms with Gasteiger partial charge in [0.15, 0.2) is 0 Å². The lowest BCUT2D eigenvalue weighted by Gasteiger charge is -2.13. The van der Waals surface area contributed by atoms with Gasteiger partial charge in [-0.2, -0.15) is 0 Å². The summed E-state index contributed by atoms with van der Waals surface area (Å²) in [4.78, 5) is 12.8. The molecule has 1 amide bonds. The Hall–Kier alpha value is -4.51. The highest BCUT2D eigenvalue weighted by molar-refractivity contribution is 6.06. The third kappa shape index (κ3) is 4.81. The highest BCUT2D eigenvalue weighted by Crippen LogP contribution is 2.41. The van der Waals surface area contributed by atoms with E-state index in [0.717, 1.165) is 44.5 Å². The third-order valence-corrected chi connectivity index (χ3v) is 6.51. The number of aryl methyl sites for hydroxylation is 1. The van der Waals surface area contributed by atoms with E-state index in [0.29, 0.717) is 18.0 Å². The molecule has 0 spiro atoms. The van der Waals surface area contributed by atoms with E-state index in [1.807, 2.05) is 63.2 Å². The molecule has 0 bridgehead atoms. The fraction of sp³-hybridized carbons (Fsp3) is 0.156. The molecule has 0 unspecified atom stereocenters. The van der Waals surface area contributed by atoms with Crippen LogP contribution in [-0.4, -0.2) is 19.6 Å².